The number of aryl methyl sites for hydroxylation is 2. The van der Waals surface area contributed by atoms with Crippen LogP contribution in [0.1, 0.15) is 71.7 Å². The molecule has 0 unspecified atom stereocenters. The van der Waals surface area contributed by atoms with Crippen LogP contribution in [-0.4, -0.2) is 55.3 Å². The molecule has 2 aliphatic rings. The Morgan fingerprint density at radius 1 is 1.12 bits per heavy atom. The summed E-state index contributed by atoms with van der Waals surface area (Å²) in [5.74, 6) is -0.0991. The molecule has 3 heterocycles. The van der Waals surface area contributed by atoms with E-state index in [9.17, 15) is 8.42 Å². The second kappa shape index (κ2) is 12.3. The molecule has 1 aliphatic heterocycles. The van der Waals surface area contributed by atoms with Gasteiger partial charge in [0.2, 0.25) is 8.32 Å². The van der Waals surface area contributed by atoms with Gasteiger partial charge in [-0.05, 0) is 59.1 Å². The van der Waals surface area contributed by atoms with Gasteiger partial charge in [0.15, 0.2) is 11.9 Å². The lowest BCUT2D eigenvalue weighted by Crippen LogP contribution is -2.52. The number of nitrogen functional groups attached to an aromatic ring is 1. The minimum atomic E-state index is -4.21. The van der Waals surface area contributed by atoms with Gasteiger partial charge < -0.3 is 14.9 Å². The lowest BCUT2D eigenvalue weighted by atomic mass is 10.1. The maximum atomic E-state index is 15.1. The fraction of sp³-hybridized carbons (Fsp3) is 0.607. The topological polar surface area (TPSA) is 157 Å². The summed E-state index contributed by atoms with van der Waals surface area (Å²) in [6.07, 6.45) is 2.59. The first-order valence-electron chi connectivity index (χ1n) is 14.7. The summed E-state index contributed by atoms with van der Waals surface area (Å²) in [6, 6.07) is 3.49. The molecule has 4 N–H and O–H groups in total. The average Bonchev–Trinajstić information content (AvgIpc) is 3.62. The molecule has 1 saturated heterocycles. The number of rotatable bonds is 11. The Kier molecular flexibility index (Phi) is 9.25. The molecule has 3 atom stereocenters. The van der Waals surface area contributed by atoms with Crippen molar-refractivity contribution in [2.24, 2.45) is 5.14 Å². The van der Waals surface area contributed by atoms with Crippen molar-refractivity contribution in [1.29, 1.82) is 0 Å². The van der Waals surface area contributed by atoms with Crippen LogP contribution in [0.15, 0.2) is 28.4 Å². The molecule has 0 bridgehead atoms. The van der Waals surface area contributed by atoms with Crippen molar-refractivity contribution in [3.8, 4) is 0 Å². The first kappa shape index (κ1) is 32.3. The van der Waals surface area contributed by atoms with E-state index >= 15 is 4.39 Å². The van der Waals surface area contributed by atoms with Gasteiger partial charge in [0, 0.05) is 11.3 Å². The molecule has 0 radical (unpaired) electrons. The van der Waals surface area contributed by atoms with E-state index in [4.69, 9.17) is 29.3 Å². The van der Waals surface area contributed by atoms with Gasteiger partial charge in [0.05, 0.1) is 18.1 Å². The van der Waals surface area contributed by atoms with Crippen molar-refractivity contribution in [1.82, 2.24) is 19.7 Å². The zero-order valence-corrected chi connectivity index (χ0v) is 28.0. The Hall–Kier alpha value is -2.14. The molecule has 1 aromatic carbocycles. The van der Waals surface area contributed by atoms with Crippen LogP contribution >= 0.6 is 11.8 Å². The molecule has 43 heavy (non-hydrogen) atoms. The second-order valence-corrected chi connectivity index (χ2v) is 20.0. The number of hydrogen-bond acceptors (Lipinski definition) is 10. The van der Waals surface area contributed by atoms with E-state index in [2.05, 4.69) is 51.5 Å². The molecule has 5 rings (SSSR count). The summed E-state index contributed by atoms with van der Waals surface area (Å²) in [7, 11) is -6.61. The fourth-order valence-electron chi connectivity index (χ4n) is 6.95. The van der Waals surface area contributed by atoms with Crippen LogP contribution < -0.4 is 10.9 Å². The third-order valence-electron chi connectivity index (χ3n) is 8.75. The quantitative estimate of drug-likeness (QED) is 0.262. The molecular formula is C28H41FN6O5S2Si. The van der Waals surface area contributed by atoms with Crippen LogP contribution in [0, 0.1) is 5.82 Å². The van der Waals surface area contributed by atoms with Crippen molar-refractivity contribution in [3.63, 3.8) is 0 Å². The maximum Gasteiger partial charge on any atom is 0.333 e. The molecule has 11 nitrogen and oxygen atoms in total. The first-order chi connectivity index (χ1) is 20.2. The summed E-state index contributed by atoms with van der Waals surface area (Å²) >= 11 is 1.17. The molecule has 1 aliphatic carbocycles. The highest BCUT2D eigenvalue weighted by atomic mass is 32.2. The van der Waals surface area contributed by atoms with Crippen LogP contribution in [-0.2, 0) is 36.5 Å². The van der Waals surface area contributed by atoms with Crippen LogP contribution in [0.5, 0.6) is 0 Å². The molecule has 0 saturated carbocycles. The Labute approximate surface area is 257 Å². The van der Waals surface area contributed by atoms with Crippen LogP contribution in [0.4, 0.5) is 10.2 Å². The van der Waals surface area contributed by atoms with Gasteiger partial charge in [0.1, 0.15) is 29.1 Å². The van der Waals surface area contributed by atoms with Gasteiger partial charge in [-0.2, -0.15) is 13.5 Å². The highest BCUT2D eigenvalue weighted by molar-refractivity contribution is 7.99. The normalized spacial score (nSPS) is 21.1. The number of nitrogens with zero attached hydrogens (tertiary/aromatic N) is 4. The summed E-state index contributed by atoms with van der Waals surface area (Å²) < 4.78 is 58.7. The number of fused-ring (bicyclic) bond motifs is 2. The summed E-state index contributed by atoms with van der Waals surface area (Å²) in [4.78, 5) is 9.08. The number of aromatic nitrogens is 4. The van der Waals surface area contributed by atoms with Crippen LogP contribution in [0.25, 0.3) is 11.0 Å². The third-order valence-corrected chi connectivity index (χ3v) is 16.4. The molecule has 236 valence electrons. The summed E-state index contributed by atoms with van der Waals surface area (Å²) in [5, 5.41) is 10.9. The van der Waals surface area contributed by atoms with Gasteiger partial charge in [-0.1, -0.05) is 53.3 Å². The molecule has 0 spiro atoms. The number of benzene rings is 1. The Bertz CT molecular complexity index is 1580. The monoisotopic (exact) mass is 652 g/mol. The standard InChI is InChI=1S/C28H41FN6O5S2Si/c1-15(2)43(16(3)4,17(5)6)40-21-12-24(39-22(21)13-38-42(31,36)37)35-27-25(26(30)32-14-33-27)28(34-35)41-23-11-19-9-7-8-18(19)10-20(23)29/h10-11,14-17,21-22,24H,7-9,12-13H2,1-6H3,(H2,30,32,33)(H2,31,36,37)/t21-,22-,24-/m1/s1. The zero-order valence-electron chi connectivity index (χ0n) is 25.4. The van der Waals surface area contributed by atoms with E-state index in [1.807, 2.05) is 6.07 Å². The van der Waals surface area contributed by atoms with Gasteiger partial charge in [-0.15, -0.1) is 0 Å². The van der Waals surface area contributed by atoms with E-state index in [1.165, 1.54) is 18.1 Å². The second-order valence-electron chi connectivity index (χ2n) is 12.3. The summed E-state index contributed by atoms with van der Waals surface area (Å²) in [6.45, 7) is 12.8. The number of ether oxygens (including phenoxy) is 1. The lowest BCUT2D eigenvalue weighted by molar-refractivity contribution is -0.0400. The maximum absolute atomic E-state index is 15.1. The van der Waals surface area contributed by atoms with Crippen molar-refractivity contribution in [2.75, 3.05) is 12.3 Å². The van der Waals surface area contributed by atoms with Gasteiger partial charge >= 0.3 is 10.3 Å². The highest BCUT2D eigenvalue weighted by Gasteiger charge is 2.50. The molecule has 1 fully saturated rings. The Morgan fingerprint density at radius 2 is 1.77 bits per heavy atom. The zero-order chi connectivity index (χ0) is 31.3. The minimum Gasteiger partial charge on any atom is -0.410 e. The SMILES string of the molecule is CC(C)[Si](O[C@@H]1C[C@H](n2nc(Sc3cc4c(cc3F)CCC4)c3c(N)ncnc32)O[C@@H]1COS(N)(=O)=O)(C(C)C)C(C)C. The first-order valence-corrected chi connectivity index (χ1v) is 19.1. The van der Waals surface area contributed by atoms with E-state index in [0.717, 1.165) is 30.4 Å². The van der Waals surface area contributed by atoms with Gasteiger partial charge in [-0.25, -0.2) is 24.2 Å². The highest BCUT2D eigenvalue weighted by Crippen LogP contribution is 2.47. The summed E-state index contributed by atoms with van der Waals surface area (Å²) in [5.41, 5.74) is 9.78. The smallest absolute Gasteiger partial charge is 0.333 e. The Morgan fingerprint density at radius 3 is 2.40 bits per heavy atom. The van der Waals surface area contributed by atoms with Crippen molar-refractivity contribution < 1.29 is 26.2 Å². The lowest BCUT2D eigenvalue weighted by Gasteiger charge is -2.44. The molecular weight excluding hydrogens is 612 g/mol. The fourth-order valence-corrected chi connectivity index (χ4v) is 13.9. The van der Waals surface area contributed by atoms with E-state index < -0.39 is 37.1 Å². The van der Waals surface area contributed by atoms with Crippen molar-refractivity contribution in [3.05, 3.63) is 35.4 Å². The van der Waals surface area contributed by atoms with Crippen LogP contribution in [0.2, 0.25) is 16.6 Å². The largest absolute Gasteiger partial charge is 0.410 e. The Balaban J connectivity index is 1.52. The van der Waals surface area contributed by atoms with Crippen molar-refractivity contribution in [2.45, 2.75) is 112 Å². The number of halogens is 1. The minimum absolute atomic E-state index is 0.214. The molecule has 0 amide bonds. The molecule has 3 aromatic rings. The molecule has 15 heteroatoms. The predicted octanol–water partition coefficient (Wildman–Crippen LogP) is 5.26. The van der Waals surface area contributed by atoms with E-state index in [1.54, 1.807) is 10.7 Å². The number of anilines is 1. The predicted molar refractivity (Wildman–Crippen MR) is 166 cm³/mol. The molecule has 2 aromatic heterocycles. The average molecular weight is 653 g/mol. The van der Waals surface area contributed by atoms with Gasteiger partial charge in [0.25, 0.3) is 0 Å². The van der Waals surface area contributed by atoms with E-state index in [-0.39, 0.29) is 34.9 Å². The number of nitrogens with two attached hydrogens (primary N) is 2. The third kappa shape index (κ3) is 6.35. The number of hydrogen-bond donors (Lipinski definition) is 2. The van der Waals surface area contributed by atoms with Gasteiger partial charge in [-0.3, -0.25) is 4.18 Å². The van der Waals surface area contributed by atoms with Crippen molar-refractivity contribution >= 4 is 47.2 Å². The van der Waals surface area contributed by atoms with Crippen LogP contribution in [0.3, 0.4) is 0 Å². The van der Waals surface area contributed by atoms with E-state index in [0.29, 0.717) is 27.4 Å².